The third-order valence-electron chi connectivity index (χ3n) is 9.72. The number of nitrogen functional groups attached to an aromatic ring is 2. The topological polar surface area (TPSA) is 52.0 Å². The van der Waals surface area contributed by atoms with Crippen LogP contribution in [0.1, 0.15) is 135 Å². The predicted octanol–water partition coefficient (Wildman–Crippen LogP) is 11.6. The van der Waals surface area contributed by atoms with E-state index in [0.29, 0.717) is 0 Å². The minimum Gasteiger partial charge on any atom is -0.399 e. The minimum atomic E-state index is 0.835. The monoisotopic (exact) mass is 616 g/mol. The summed E-state index contributed by atoms with van der Waals surface area (Å²) in [4.78, 5) is 0. The molecule has 46 heavy (non-hydrogen) atoms. The molecule has 0 amide bonds. The van der Waals surface area contributed by atoms with Crippen molar-refractivity contribution in [3.05, 3.63) is 129 Å². The molecule has 4 N–H and O–H groups in total. The van der Waals surface area contributed by atoms with Gasteiger partial charge in [0.2, 0.25) is 0 Å². The number of benzene rings is 4. The van der Waals surface area contributed by atoms with Crippen LogP contribution in [-0.4, -0.2) is 0 Å². The lowest BCUT2D eigenvalue weighted by Crippen LogP contribution is -1.97. The van der Waals surface area contributed by atoms with E-state index in [-0.39, 0.29) is 0 Å². The van der Waals surface area contributed by atoms with Crippen molar-refractivity contribution in [2.45, 2.75) is 129 Å². The molecule has 0 radical (unpaired) electrons. The molecule has 0 heterocycles. The van der Waals surface area contributed by atoms with Gasteiger partial charge in [-0.05, 0) is 120 Å². The van der Waals surface area contributed by atoms with Gasteiger partial charge in [-0.2, -0.15) is 0 Å². The molecule has 0 unspecified atom stereocenters. The van der Waals surface area contributed by atoms with E-state index in [1.54, 1.807) is 11.1 Å². The van der Waals surface area contributed by atoms with Gasteiger partial charge in [0, 0.05) is 11.4 Å². The quantitative estimate of drug-likeness (QED) is 0.0723. The van der Waals surface area contributed by atoms with Crippen molar-refractivity contribution in [3.8, 4) is 0 Å². The average molecular weight is 617 g/mol. The minimum absolute atomic E-state index is 0.835. The van der Waals surface area contributed by atoms with Gasteiger partial charge in [0.05, 0.1) is 0 Å². The maximum absolute atomic E-state index is 5.85. The largest absolute Gasteiger partial charge is 0.399 e. The van der Waals surface area contributed by atoms with Gasteiger partial charge >= 0.3 is 0 Å². The van der Waals surface area contributed by atoms with Crippen LogP contribution in [0.25, 0.3) is 0 Å². The fourth-order valence-electron chi connectivity index (χ4n) is 6.87. The van der Waals surface area contributed by atoms with Gasteiger partial charge in [0.25, 0.3) is 0 Å². The third-order valence-corrected chi connectivity index (χ3v) is 9.72. The van der Waals surface area contributed by atoms with Crippen LogP contribution in [0.3, 0.4) is 0 Å². The van der Waals surface area contributed by atoms with E-state index < -0.39 is 0 Å². The Balaban J connectivity index is 0.995. The first-order chi connectivity index (χ1) is 22.5. The normalized spacial score (nSPS) is 11.3. The summed E-state index contributed by atoms with van der Waals surface area (Å²) < 4.78 is 0. The Morgan fingerprint density at radius 2 is 0.652 bits per heavy atom. The van der Waals surface area contributed by atoms with Crippen molar-refractivity contribution in [1.29, 1.82) is 0 Å². The smallest absolute Gasteiger partial charge is 0.0314 e. The molecule has 0 spiro atoms. The number of aryl methyl sites for hydroxylation is 4. The van der Waals surface area contributed by atoms with Crippen molar-refractivity contribution < 1.29 is 0 Å². The van der Waals surface area contributed by atoms with Crippen LogP contribution in [0.5, 0.6) is 0 Å². The molecule has 0 aliphatic heterocycles. The molecule has 4 aromatic carbocycles. The van der Waals surface area contributed by atoms with E-state index in [9.17, 15) is 0 Å². The summed E-state index contributed by atoms with van der Waals surface area (Å²) in [7, 11) is 0. The Hall–Kier alpha value is -3.52. The Morgan fingerprint density at radius 1 is 0.348 bits per heavy atom. The fourth-order valence-corrected chi connectivity index (χ4v) is 6.87. The Bertz CT molecular complexity index is 1310. The van der Waals surface area contributed by atoms with Gasteiger partial charge in [-0.25, -0.2) is 0 Å². The second-order valence-electron chi connectivity index (χ2n) is 13.5. The van der Waals surface area contributed by atoms with Gasteiger partial charge in [-0.3, -0.25) is 0 Å². The molecule has 4 rings (SSSR count). The summed E-state index contributed by atoms with van der Waals surface area (Å²) in [5, 5.41) is 0. The molecule has 0 fully saturated rings. The van der Waals surface area contributed by atoms with Crippen molar-refractivity contribution in [2.75, 3.05) is 11.5 Å². The lowest BCUT2D eigenvalue weighted by atomic mass is 9.94. The number of unbranched alkanes of at least 4 members (excludes halogenated alkanes) is 11. The van der Waals surface area contributed by atoms with Crippen LogP contribution in [0.15, 0.2) is 84.9 Å². The third kappa shape index (κ3) is 12.3. The molecule has 0 atom stereocenters. The highest BCUT2D eigenvalue weighted by Gasteiger charge is 2.06. The number of nitrogens with two attached hydrogens (primary N) is 2. The number of rotatable bonds is 21. The first kappa shape index (κ1) is 35.3. The van der Waals surface area contributed by atoms with E-state index in [2.05, 4.69) is 74.5 Å². The van der Waals surface area contributed by atoms with E-state index in [0.717, 1.165) is 37.1 Å². The average Bonchev–Trinajstić information content (AvgIpc) is 3.07. The summed E-state index contributed by atoms with van der Waals surface area (Å²) in [5.41, 5.74) is 25.0. The zero-order chi connectivity index (χ0) is 32.4. The van der Waals surface area contributed by atoms with Crippen LogP contribution in [-0.2, 0) is 38.5 Å². The van der Waals surface area contributed by atoms with E-state index in [1.165, 1.54) is 123 Å². The molecule has 0 aliphatic carbocycles. The maximum atomic E-state index is 5.85. The van der Waals surface area contributed by atoms with E-state index in [4.69, 9.17) is 11.5 Å². The van der Waals surface area contributed by atoms with Gasteiger partial charge in [-0.15, -0.1) is 0 Å². The molecular formula is C44H60N2. The van der Waals surface area contributed by atoms with Crippen LogP contribution < -0.4 is 11.5 Å². The molecule has 4 aromatic rings. The first-order valence-electron chi connectivity index (χ1n) is 18.4. The highest BCUT2D eigenvalue weighted by atomic mass is 14.5. The Labute approximate surface area is 281 Å². The number of anilines is 2. The summed E-state index contributed by atoms with van der Waals surface area (Å²) in [5.74, 6) is 0. The molecule has 0 aromatic heterocycles. The van der Waals surface area contributed by atoms with Crippen molar-refractivity contribution in [3.63, 3.8) is 0 Å². The van der Waals surface area contributed by atoms with Crippen LogP contribution in [0, 0.1) is 0 Å². The zero-order valence-corrected chi connectivity index (χ0v) is 29.0. The summed E-state index contributed by atoms with van der Waals surface area (Å²) in [6, 6.07) is 30.9. The first-order valence-corrected chi connectivity index (χ1v) is 18.4. The second kappa shape index (κ2) is 19.9. The molecule has 0 saturated heterocycles. The standard InChI is InChI=1S/C44H60N2/c1-3-39-33-37(31-35-21-27-43(45)28-22-35)19-25-41(39)17-15-13-11-9-7-5-6-8-10-12-14-16-18-42-26-20-38(34-40(42)4-2)32-36-23-29-44(46)30-24-36/h19-30,33-34H,3-18,31-32,45-46H2,1-2H3. The second-order valence-corrected chi connectivity index (χ2v) is 13.5. The Kier molecular flexibility index (Phi) is 15.3. The SMILES string of the molecule is CCc1cc(Cc2ccc(N)cc2)ccc1CCCCCCCCCCCCCCc1ccc(Cc2ccc(N)cc2)cc1CC. The Morgan fingerprint density at radius 3 is 0.978 bits per heavy atom. The van der Waals surface area contributed by atoms with Crippen molar-refractivity contribution >= 4 is 11.4 Å². The van der Waals surface area contributed by atoms with Crippen LogP contribution in [0.4, 0.5) is 11.4 Å². The summed E-state index contributed by atoms with van der Waals surface area (Å²) >= 11 is 0. The molecule has 0 bridgehead atoms. The van der Waals surface area contributed by atoms with E-state index in [1.807, 2.05) is 24.3 Å². The molecule has 2 nitrogen and oxygen atoms in total. The lowest BCUT2D eigenvalue weighted by molar-refractivity contribution is 0.540. The van der Waals surface area contributed by atoms with Gasteiger partial charge < -0.3 is 11.5 Å². The predicted molar refractivity (Wildman–Crippen MR) is 202 cm³/mol. The highest BCUT2D eigenvalue weighted by Crippen LogP contribution is 2.22. The fraction of sp³-hybridized carbons (Fsp3) is 0.455. The maximum Gasteiger partial charge on any atom is 0.0314 e. The summed E-state index contributed by atoms with van der Waals surface area (Å²) in [6.07, 6.45) is 23.2. The van der Waals surface area contributed by atoms with Gasteiger partial charge in [-0.1, -0.05) is 139 Å². The summed E-state index contributed by atoms with van der Waals surface area (Å²) in [6.45, 7) is 4.58. The molecular weight excluding hydrogens is 556 g/mol. The van der Waals surface area contributed by atoms with Crippen molar-refractivity contribution in [2.24, 2.45) is 0 Å². The molecule has 2 heteroatoms. The van der Waals surface area contributed by atoms with Crippen LogP contribution in [0.2, 0.25) is 0 Å². The molecule has 0 aliphatic rings. The highest BCUT2D eigenvalue weighted by molar-refractivity contribution is 5.43. The van der Waals surface area contributed by atoms with Gasteiger partial charge in [0.15, 0.2) is 0 Å². The number of hydrogen-bond donors (Lipinski definition) is 2. The molecule has 246 valence electrons. The van der Waals surface area contributed by atoms with Crippen molar-refractivity contribution in [1.82, 2.24) is 0 Å². The molecule has 0 saturated carbocycles. The van der Waals surface area contributed by atoms with Crippen LogP contribution >= 0.6 is 0 Å². The van der Waals surface area contributed by atoms with E-state index >= 15 is 0 Å². The van der Waals surface area contributed by atoms with Gasteiger partial charge in [0.1, 0.15) is 0 Å². The zero-order valence-electron chi connectivity index (χ0n) is 29.0. The lowest BCUT2D eigenvalue weighted by Gasteiger charge is -2.11. The number of hydrogen-bond acceptors (Lipinski definition) is 2.